The molecule has 1 aromatic carbocycles. The number of methoxy groups -OCH3 is 1. The standard InChI is InChI=1S/C15H16IN3O/c1-20-9-11-12(16)13(17)19-14(18-11)15(7-8-15)10-5-3-2-4-6-10/h2-6H,7-9H2,1H3,(H2,17,18,19). The second-order valence-corrected chi connectivity index (χ2v) is 6.15. The van der Waals surface area contributed by atoms with E-state index in [-0.39, 0.29) is 5.41 Å². The van der Waals surface area contributed by atoms with Crippen LogP contribution in [0.25, 0.3) is 0 Å². The summed E-state index contributed by atoms with van der Waals surface area (Å²) in [4.78, 5) is 9.24. The summed E-state index contributed by atoms with van der Waals surface area (Å²) in [5.74, 6) is 1.37. The van der Waals surface area contributed by atoms with Gasteiger partial charge in [0.1, 0.15) is 11.6 Å². The highest BCUT2D eigenvalue weighted by atomic mass is 127. The molecule has 4 nitrogen and oxygen atoms in total. The van der Waals surface area contributed by atoms with Crippen LogP contribution in [0.5, 0.6) is 0 Å². The Morgan fingerprint density at radius 2 is 1.95 bits per heavy atom. The predicted molar refractivity (Wildman–Crippen MR) is 86.3 cm³/mol. The first-order chi connectivity index (χ1) is 9.67. The van der Waals surface area contributed by atoms with Gasteiger partial charge in [0, 0.05) is 7.11 Å². The Balaban J connectivity index is 2.07. The lowest BCUT2D eigenvalue weighted by molar-refractivity contribution is 0.180. The molecule has 0 spiro atoms. The second kappa shape index (κ2) is 5.29. The number of hydrogen-bond donors (Lipinski definition) is 1. The lowest BCUT2D eigenvalue weighted by atomic mass is 9.95. The molecule has 1 fully saturated rings. The third-order valence-corrected chi connectivity index (χ3v) is 4.91. The molecule has 0 saturated heterocycles. The van der Waals surface area contributed by atoms with Crippen molar-refractivity contribution in [2.45, 2.75) is 24.9 Å². The van der Waals surface area contributed by atoms with Crippen LogP contribution in [-0.2, 0) is 16.8 Å². The number of halogens is 1. The second-order valence-electron chi connectivity index (χ2n) is 5.07. The van der Waals surface area contributed by atoms with E-state index in [1.807, 2.05) is 6.07 Å². The number of aromatic nitrogens is 2. The van der Waals surface area contributed by atoms with E-state index in [1.54, 1.807) is 7.11 Å². The molecule has 2 aromatic rings. The number of nitrogen functional groups attached to an aromatic ring is 1. The number of hydrogen-bond acceptors (Lipinski definition) is 4. The van der Waals surface area contributed by atoms with E-state index >= 15 is 0 Å². The number of nitrogens with two attached hydrogens (primary N) is 1. The summed E-state index contributed by atoms with van der Waals surface area (Å²) < 4.78 is 6.09. The number of ether oxygens (including phenoxy) is 1. The Bertz CT molecular complexity index is 627. The maximum Gasteiger partial charge on any atom is 0.141 e. The molecule has 0 amide bonds. The topological polar surface area (TPSA) is 61.0 Å². The van der Waals surface area contributed by atoms with Crippen LogP contribution in [0.3, 0.4) is 0 Å². The van der Waals surface area contributed by atoms with Gasteiger partial charge in [-0.05, 0) is 41.0 Å². The van der Waals surface area contributed by atoms with Crippen molar-refractivity contribution in [2.24, 2.45) is 0 Å². The quantitative estimate of drug-likeness (QED) is 0.828. The molecule has 1 aliphatic carbocycles. The predicted octanol–water partition coefficient (Wildman–Crippen LogP) is 2.89. The van der Waals surface area contributed by atoms with Gasteiger partial charge in [-0.1, -0.05) is 30.3 Å². The molecule has 5 heteroatoms. The average Bonchev–Trinajstić information content (AvgIpc) is 3.26. The fraction of sp³-hybridized carbons (Fsp3) is 0.333. The van der Waals surface area contributed by atoms with Crippen molar-refractivity contribution in [1.82, 2.24) is 9.97 Å². The van der Waals surface area contributed by atoms with Crippen molar-refractivity contribution in [2.75, 3.05) is 12.8 Å². The van der Waals surface area contributed by atoms with E-state index in [0.717, 1.165) is 27.9 Å². The Labute approximate surface area is 131 Å². The molecule has 0 unspecified atom stereocenters. The van der Waals surface area contributed by atoms with Gasteiger partial charge in [0.05, 0.1) is 21.3 Å². The molecule has 1 heterocycles. The smallest absolute Gasteiger partial charge is 0.141 e. The minimum absolute atomic E-state index is 0.0534. The van der Waals surface area contributed by atoms with Crippen LogP contribution in [0.15, 0.2) is 30.3 Å². The molecule has 3 rings (SSSR count). The lowest BCUT2D eigenvalue weighted by Crippen LogP contribution is -2.17. The maximum absolute atomic E-state index is 6.04. The van der Waals surface area contributed by atoms with Gasteiger partial charge in [-0.15, -0.1) is 0 Å². The number of benzene rings is 1. The van der Waals surface area contributed by atoms with Crippen molar-refractivity contribution < 1.29 is 4.74 Å². The number of rotatable bonds is 4. The van der Waals surface area contributed by atoms with Crippen LogP contribution in [0, 0.1) is 3.57 Å². The van der Waals surface area contributed by atoms with E-state index in [2.05, 4.69) is 51.8 Å². The van der Waals surface area contributed by atoms with Crippen LogP contribution in [0.2, 0.25) is 0 Å². The molecule has 0 bridgehead atoms. The Hall–Kier alpha value is -1.21. The molecule has 1 aromatic heterocycles. The average molecular weight is 381 g/mol. The van der Waals surface area contributed by atoms with Gasteiger partial charge >= 0.3 is 0 Å². The van der Waals surface area contributed by atoms with Gasteiger partial charge in [-0.25, -0.2) is 9.97 Å². The van der Waals surface area contributed by atoms with Crippen molar-refractivity contribution in [3.63, 3.8) is 0 Å². The molecule has 0 aliphatic heterocycles. The fourth-order valence-corrected chi connectivity index (χ4v) is 2.88. The molecular weight excluding hydrogens is 365 g/mol. The minimum Gasteiger partial charge on any atom is -0.383 e. The first-order valence-corrected chi connectivity index (χ1v) is 7.62. The zero-order chi connectivity index (χ0) is 14.2. The van der Waals surface area contributed by atoms with Crippen LogP contribution < -0.4 is 5.73 Å². The zero-order valence-corrected chi connectivity index (χ0v) is 13.4. The van der Waals surface area contributed by atoms with Crippen LogP contribution in [-0.4, -0.2) is 17.1 Å². The summed E-state index contributed by atoms with van der Waals surface area (Å²) in [5.41, 5.74) is 8.13. The van der Waals surface area contributed by atoms with Gasteiger partial charge < -0.3 is 10.5 Å². The van der Waals surface area contributed by atoms with Crippen molar-refractivity contribution >= 4 is 28.4 Å². The minimum atomic E-state index is -0.0534. The third-order valence-electron chi connectivity index (χ3n) is 3.73. The number of anilines is 1. The van der Waals surface area contributed by atoms with E-state index in [4.69, 9.17) is 15.5 Å². The van der Waals surface area contributed by atoms with Crippen LogP contribution >= 0.6 is 22.6 Å². The highest BCUT2D eigenvalue weighted by molar-refractivity contribution is 14.1. The zero-order valence-electron chi connectivity index (χ0n) is 11.3. The first-order valence-electron chi connectivity index (χ1n) is 6.54. The molecule has 1 aliphatic rings. The Morgan fingerprint density at radius 1 is 1.25 bits per heavy atom. The van der Waals surface area contributed by atoms with Crippen LogP contribution in [0.1, 0.15) is 29.9 Å². The van der Waals surface area contributed by atoms with Crippen molar-refractivity contribution in [3.8, 4) is 0 Å². The molecule has 0 radical (unpaired) electrons. The molecule has 1 saturated carbocycles. The number of nitrogens with zero attached hydrogens (tertiary/aromatic N) is 2. The largest absolute Gasteiger partial charge is 0.383 e. The summed E-state index contributed by atoms with van der Waals surface area (Å²) in [6.07, 6.45) is 2.15. The Kier molecular flexibility index (Phi) is 3.64. The third kappa shape index (κ3) is 2.29. The van der Waals surface area contributed by atoms with E-state index in [0.29, 0.717) is 12.4 Å². The fourth-order valence-electron chi connectivity index (χ4n) is 2.48. The summed E-state index contributed by atoms with van der Waals surface area (Å²) in [5, 5.41) is 0. The summed E-state index contributed by atoms with van der Waals surface area (Å²) >= 11 is 2.18. The first kappa shape index (κ1) is 13.8. The van der Waals surface area contributed by atoms with Gasteiger partial charge in [0.25, 0.3) is 0 Å². The Morgan fingerprint density at radius 3 is 2.55 bits per heavy atom. The molecule has 2 N–H and O–H groups in total. The van der Waals surface area contributed by atoms with Crippen molar-refractivity contribution in [1.29, 1.82) is 0 Å². The van der Waals surface area contributed by atoms with Gasteiger partial charge in [0.2, 0.25) is 0 Å². The van der Waals surface area contributed by atoms with Gasteiger partial charge in [-0.3, -0.25) is 0 Å². The highest BCUT2D eigenvalue weighted by Gasteiger charge is 2.49. The summed E-state index contributed by atoms with van der Waals surface area (Å²) in [7, 11) is 1.66. The van der Waals surface area contributed by atoms with E-state index in [1.165, 1.54) is 5.56 Å². The molecule has 104 valence electrons. The van der Waals surface area contributed by atoms with Gasteiger partial charge in [-0.2, -0.15) is 0 Å². The molecular formula is C15H16IN3O. The maximum atomic E-state index is 6.04. The van der Waals surface area contributed by atoms with E-state index < -0.39 is 0 Å². The lowest BCUT2D eigenvalue weighted by Gasteiger charge is -2.16. The SMILES string of the molecule is COCc1nc(C2(c3ccccc3)CC2)nc(N)c1I. The molecule has 0 atom stereocenters. The highest BCUT2D eigenvalue weighted by Crippen LogP contribution is 2.52. The van der Waals surface area contributed by atoms with Crippen LogP contribution in [0.4, 0.5) is 5.82 Å². The normalized spacial score (nSPS) is 16.1. The summed E-state index contributed by atoms with van der Waals surface area (Å²) in [6.45, 7) is 0.461. The van der Waals surface area contributed by atoms with E-state index in [9.17, 15) is 0 Å². The van der Waals surface area contributed by atoms with Crippen molar-refractivity contribution in [3.05, 3.63) is 51.0 Å². The summed E-state index contributed by atoms with van der Waals surface area (Å²) in [6, 6.07) is 10.4. The monoisotopic (exact) mass is 381 g/mol. The van der Waals surface area contributed by atoms with Gasteiger partial charge in [0.15, 0.2) is 0 Å². The molecule has 20 heavy (non-hydrogen) atoms.